The molecule has 1 aliphatic heterocycles. The Morgan fingerprint density at radius 2 is 1.92 bits per heavy atom. The van der Waals surface area contributed by atoms with Crippen molar-refractivity contribution in [1.29, 1.82) is 0 Å². The first-order valence-electron chi connectivity index (χ1n) is 8.88. The zero-order chi connectivity index (χ0) is 17.5. The summed E-state index contributed by atoms with van der Waals surface area (Å²) in [6, 6.07) is 10.7. The summed E-state index contributed by atoms with van der Waals surface area (Å²) in [4.78, 5) is 13.8. The zero-order valence-electron chi connectivity index (χ0n) is 15.1. The summed E-state index contributed by atoms with van der Waals surface area (Å²) in [5, 5.41) is 7.50. The topological polar surface area (TPSA) is 61.6 Å². The third-order valence-electron chi connectivity index (χ3n) is 4.43. The molecule has 0 radical (unpaired) electrons. The number of aliphatic imine (C=N–C) groups is 1. The maximum atomic E-state index is 4.74. The Balaban J connectivity index is 1.56. The predicted molar refractivity (Wildman–Crippen MR) is 99.1 cm³/mol. The van der Waals surface area contributed by atoms with Gasteiger partial charge in [0.1, 0.15) is 18.7 Å². The van der Waals surface area contributed by atoms with Crippen molar-refractivity contribution < 1.29 is 0 Å². The molecule has 25 heavy (non-hydrogen) atoms. The Morgan fingerprint density at radius 1 is 1.16 bits per heavy atom. The van der Waals surface area contributed by atoms with Crippen LogP contribution in [0.5, 0.6) is 0 Å². The van der Waals surface area contributed by atoms with E-state index >= 15 is 0 Å². The van der Waals surface area contributed by atoms with Gasteiger partial charge >= 0.3 is 0 Å². The average molecular weight is 341 g/mol. The smallest absolute Gasteiger partial charge is 0.194 e. The summed E-state index contributed by atoms with van der Waals surface area (Å²) in [6.45, 7) is 8.58. The van der Waals surface area contributed by atoms with Gasteiger partial charge in [0.25, 0.3) is 0 Å². The van der Waals surface area contributed by atoms with Gasteiger partial charge in [-0.2, -0.15) is 5.10 Å². The molecular weight excluding hydrogens is 314 g/mol. The fraction of sp³-hybridized carbons (Fsp3) is 0.500. The molecule has 1 saturated heterocycles. The SMILES string of the molecule is CCNC(=NCc1ncnn1C)N1CCN(Cc2ccccc2)CC1. The average Bonchev–Trinajstić information content (AvgIpc) is 3.05. The Morgan fingerprint density at radius 3 is 2.56 bits per heavy atom. The molecule has 7 nitrogen and oxygen atoms in total. The van der Waals surface area contributed by atoms with Crippen LogP contribution in [0.1, 0.15) is 18.3 Å². The molecule has 0 bridgehead atoms. The first-order valence-corrected chi connectivity index (χ1v) is 8.88. The lowest BCUT2D eigenvalue weighted by atomic mass is 10.2. The fourth-order valence-electron chi connectivity index (χ4n) is 2.99. The highest BCUT2D eigenvalue weighted by Gasteiger charge is 2.19. The van der Waals surface area contributed by atoms with E-state index in [0.29, 0.717) is 6.54 Å². The van der Waals surface area contributed by atoms with Crippen molar-refractivity contribution >= 4 is 5.96 Å². The van der Waals surface area contributed by atoms with Crippen molar-refractivity contribution in [2.75, 3.05) is 32.7 Å². The third-order valence-corrected chi connectivity index (χ3v) is 4.43. The van der Waals surface area contributed by atoms with Gasteiger partial charge in [-0.1, -0.05) is 30.3 Å². The van der Waals surface area contributed by atoms with Crippen LogP contribution in [0.4, 0.5) is 0 Å². The van der Waals surface area contributed by atoms with Crippen LogP contribution < -0.4 is 5.32 Å². The molecule has 0 unspecified atom stereocenters. The molecule has 0 aliphatic carbocycles. The van der Waals surface area contributed by atoms with Crippen LogP contribution in [0.15, 0.2) is 41.7 Å². The molecule has 1 aromatic carbocycles. The number of rotatable bonds is 5. The molecule has 1 aliphatic rings. The van der Waals surface area contributed by atoms with E-state index in [4.69, 9.17) is 4.99 Å². The maximum Gasteiger partial charge on any atom is 0.194 e. The van der Waals surface area contributed by atoms with Gasteiger partial charge in [-0.15, -0.1) is 0 Å². The normalized spacial score (nSPS) is 16.2. The van der Waals surface area contributed by atoms with E-state index in [2.05, 4.69) is 62.5 Å². The van der Waals surface area contributed by atoms with E-state index in [9.17, 15) is 0 Å². The van der Waals surface area contributed by atoms with Gasteiger partial charge < -0.3 is 10.2 Å². The van der Waals surface area contributed by atoms with E-state index < -0.39 is 0 Å². The van der Waals surface area contributed by atoms with Crippen molar-refractivity contribution in [2.24, 2.45) is 12.0 Å². The second-order valence-corrected chi connectivity index (χ2v) is 6.22. The number of nitrogens with zero attached hydrogens (tertiary/aromatic N) is 6. The summed E-state index contributed by atoms with van der Waals surface area (Å²) in [7, 11) is 1.90. The number of piperazine rings is 1. The summed E-state index contributed by atoms with van der Waals surface area (Å²) >= 11 is 0. The Hall–Kier alpha value is -2.41. The summed E-state index contributed by atoms with van der Waals surface area (Å²) in [6.07, 6.45) is 1.57. The van der Waals surface area contributed by atoms with E-state index in [1.165, 1.54) is 5.56 Å². The van der Waals surface area contributed by atoms with Crippen LogP contribution in [0.25, 0.3) is 0 Å². The molecule has 0 spiro atoms. The second kappa shape index (κ2) is 8.62. The van der Waals surface area contributed by atoms with Crippen molar-refractivity contribution in [1.82, 2.24) is 29.9 Å². The maximum absolute atomic E-state index is 4.74. The molecule has 0 amide bonds. The number of guanidine groups is 1. The number of hydrogen-bond donors (Lipinski definition) is 1. The van der Waals surface area contributed by atoms with Gasteiger partial charge in [-0.3, -0.25) is 9.58 Å². The molecule has 1 aromatic heterocycles. The zero-order valence-corrected chi connectivity index (χ0v) is 15.1. The van der Waals surface area contributed by atoms with Crippen molar-refractivity contribution in [3.63, 3.8) is 0 Å². The molecule has 2 aromatic rings. The van der Waals surface area contributed by atoms with Crippen LogP contribution in [0, 0.1) is 0 Å². The van der Waals surface area contributed by atoms with Crippen LogP contribution in [-0.4, -0.2) is 63.2 Å². The molecule has 2 heterocycles. The molecular formula is C18H27N7. The molecule has 0 saturated carbocycles. The predicted octanol–water partition coefficient (Wildman–Crippen LogP) is 1.10. The Bertz CT molecular complexity index is 672. The number of benzene rings is 1. The van der Waals surface area contributed by atoms with Gasteiger partial charge in [0, 0.05) is 46.3 Å². The third kappa shape index (κ3) is 4.79. The van der Waals surface area contributed by atoms with Crippen molar-refractivity contribution in [3.8, 4) is 0 Å². The van der Waals surface area contributed by atoms with Gasteiger partial charge in [0.05, 0.1) is 0 Å². The van der Waals surface area contributed by atoms with E-state index in [-0.39, 0.29) is 0 Å². The largest absolute Gasteiger partial charge is 0.357 e. The highest BCUT2D eigenvalue weighted by Crippen LogP contribution is 2.09. The van der Waals surface area contributed by atoms with Crippen LogP contribution in [-0.2, 0) is 20.1 Å². The van der Waals surface area contributed by atoms with Crippen LogP contribution >= 0.6 is 0 Å². The Kier molecular flexibility index (Phi) is 6.00. The van der Waals surface area contributed by atoms with Gasteiger partial charge in [0.2, 0.25) is 0 Å². The lowest BCUT2D eigenvalue weighted by Crippen LogP contribution is -2.52. The van der Waals surface area contributed by atoms with Crippen LogP contribution in [0.2, 0.25) is 0 Å². The fourth-order valence-corrected chi connectivity index (χ4v) is 2.99. The second-order valence-electron chi connectivity index (χ2n) is 6.22. The lowest BCUT2D eigenvalue weighted by Gasteiger charge is -2.36. The minimum Gasteiger partial charge on any atom is -0.357 e. The first kappa shape index (κ1) is 17.4. The standard InChI is InChI=1S/C18H27N7/c1-3-19-18(20-13-17-21-15-22-23(17)2)25-11-9-24(10-12-25)14-16-7-5-4-6-8-16/h4-8,15H,3,9-14H2,1-2H3,(H,19,20). The van der Waals surface area contributed by atoms with Crippen LogP contribution in [0.3, 0.4) is 0 Å². The van der Waals surface area contributed by atoms with E-state index in [1.807, 2.05) is 7.05 Å². The highest BCUT2D eigenvalue weighted by atomic mass is 15.4. The number of aromatic nitrogens is 3. The monoisotopic (exact) mass is 341 g/mol. The molecule has 0 atom stereocenters. The molecule has 1 fully saturated rings. The van der Waals surface area contributed by atoms with Gasteiger partial charge in [-0.25, -0.2) is 9.98 Å². The molecule has 3 rings (SSSR count). The molecule has 7 heteroatoms. The number of hydrogen-bond acceptors (Lipinski definition) is 4. The summed E-state index contributed by atoms with van der Waals surface area (Å²) < 4.78 is 1.77. The number of nitrogens with one attached hydrogen (secondary N) is 1. The summed E-state index contributed by atoms with van der Waals surface area (Å²) in [5.74, 6) is 1.84. The molecule has 1 N–H and O–H groups in total. The van der Waals surface area contributed by atoms with Gasteiger partial charge in [0.15, 0.2) is 5.96 Å². The quantitative estimate of drug-likeness (QED) is 0.652. The summed E-state index contributed by atoms with van der Waals surface area (Å²) in [5.41, 5.74) is 1.37. The number of aryl methyl sites for hydroxylation is 1. The van der Waals surface area contributed by atoms with Crippen molar-refractivity contribution in [3.05, 3.63) is 48.0 Å². The Labute approximate surface area is 149 Å². The van der Waals surface area contributed by atoms with Gasteiger partial charge in [-0.05, 0) is 12.5 Å². The lowest BCUT2D eigenvalue weighted by molar-refractivity contribution is 0.172. The minimum atomic E-state index is 0.545. The van der Waals surface area contributed by atoms with E-state index in [0.717, 1.165) is 51.1 Å². The minimum absolute atomic E-state index is 0.545. The molecule has 134 valence electrons. The van der Waals surface area contributed by atoms with Crippen molar-refractivity contribution in [2.45, 2.75) is 20.0 Å². The van der Waals surface area contributed by atoms with E-state index in [1.54, 1.807) is 11.0 Å². The highest BCUT2D eigenvalue weighted by molar-refractivity contribution is 5.80. The first-order chi connectivity index (χ1) is 12.3.